The van der Waals surface area contributed by atoms with Crippen molar-refractivity contribution in [3.63, 3.8) is 0 Å². The first-order valence-corrected chi connectivity index (χ1v) is 5.10. The minimum atomic E-state index is -0.226. The summed E-state index contributed by atoms with van der Waals surface area (Å²) in [5, 5.41) is 3.17. The van der Waals surface area contributed by atoms with E-state index in [0.717, 1.165) is 32.5 Å². The van der Waals surface area contributed by atoms with E-state index < -0.39 is 0 Å². The van der Waals surface area contributed by atoms with Gasteiger partial charge in [0.1, 0.15) is 6.04 Å². The van der Waals surface area contributed by atoms with Crippen molar-refractivity contribution in [2.75, 3.05) is 26.2 Å². The molecule has 14 heavy (non-hydrogen) atoms. The lowest BCUT2D eigenvalue weighted by atomic mass is 10.1. The van der Waals surface area contributed by atoms with Crippen LogP contribution in [0, 0.1) is 0 Å². The molecule has 0 aromatic rings. The number of rotatable bonds is 5. The van der Waals surface area contributed by atoms with Gasteiger partial charge >= 0.3 is 0 Å². The summed E-state index contributed by atoms with van der Waals surface area (Å²) in [6.07, 6.45) is 3.95. The Morgan fingerprint density at radius 2 is 2.50 bits per heavy atom. The quantitative estimate of drug-likeness (QED) is 0.470. The summed E-state index contributed by atoms with van der Waals surface area (Å²) in [7, 11) is 0. The van der Waals surface area contributed by atoms with Crippen molar-refractivity contribution < 1.29 is 4.79 Å². The first-order chi connectivity index (χ1) is 6.75. The average molecular weight is 197 g/mol. The van der Waals surface area contributed by atoms with Crippen LogP contribution in [0.4, 0.5) is 0 Å². The van der Waals surface area contributed by atoms with Gasteiger partial charge in [0.15, 0.2) is 0 Å². The maximum Gasteiger partial charge on any atom is 0.236 e. The smallest absolute Gasteiger partial charge is 0.236 e. The van der Waals surface area contributed by atoms with Gasteiger partial charge in [-0.05, 0) is 19.4 Å². The second-order valence-corrected chi connectivity index (χ2v) is 3.59. The Bertz CT molecular complexity index is 206. The second kappa shape index (κ2) is 5.78. The van der Waals surface area contributed by atoms with Crippen molar-refractivity contribution in [2.45, 2.75) is 18.9 Å². The van der Waals surface area contributed by atoms with Crippen molar-refractivity contribution in [3.05, 3.63) is 12.7 Å². The van der Waals surface area contributed by atoms with E-state index in [1.165, 1.54) is 0 Å². The number of amides is 1. The minimum absolute atomic E-state index is 0.131. The van der Waals surface area contributed by atoms with Gasteiger partial charge in [0.25, 0.3) is 0 Å². The minimum Gasteiger partial charge on any atom is -0.368 e. The monoisotopic (exact) mass is 197 g/mol. The number of piperazine rings is 1. The highest BCUT2D eigenvalue weighted by atomic mass is 16.1. The van der Waals surface area contributed by atoms with E-state index in [1.807, 2.05) is 6.08 Å². The Morgan fingerprint density at radius 1 is 1.71 bits per heavy atom. The van der Waals surface area contributed by atoms with Gasteiger partial charge in [-0.25, -0.2) is 0 Å². The molecule has 1 saturated heterocycles. The number of unbranched alkanes of at least 4 members (excludes halogenated alkanes) is 1. The molecule has 4 heteroatoms. The van der Waals surface area contributed by atoms with Gasteiger partial charge < -0.3 is 11.1 Å². The number of primary amides is 1. The molecule has 1 heterocycles. The van der Waals surface area contributed by atoms with E-state index in [-0.39, 0.29) is 11.9 Å². The van der Waals surface area contributed by atoms with Crippen molar-refractivity contribution in [1.29, 1.82) is 0 Å². The third kappa shape index (κ3) is 3.12. The van der Waals surface area contributed by atoms with E-state index in [1.54, 1.807) is 0 Å². The molecule has 1 unspecified atom stereocenters. The third-order valence-corrected chi connectivity index (χ3v) is 2.54. The Morgan fingerprint density at radius 3 is 3.14 bits per heavy atom. The van der Waals surface area contributed by atoms with Gasteiger partial charge in [-0.1, -0.05) is 6.08 Å². The van der Waals surface area contributed by atoms with Crippen LogP contribution in [0.1, 0.15) is 12.8 Å². The molecule has 0 aliphatic carbocycles. The number of nitrogens with one attached hydrogen (secondary N) is 1. The zero-order valence-electron chi connectivity index (χ0n) is 8.54. The molecule has 0 saturated carbocycles. The van der Waals surface area contributed by atoms with Gasteiger partial charge in [-0.2, -0.15) is 0 Å². The van der Waals surface area contributed by atoms with Gasteiger partial charge in [0, 0.05) is 19.6 Å². The van der Waals surface area contributed by atoms with E-state index in [4.69, 9.17) is 5.73 Å². The number of hydrogen-bond donors (Lipinski definition) is 2. The molecule has 3 N–H and O–H groups in total. The fourth-order valence-electron chi connectivity index (χ4n) is 1.73. The Kier molecular flexibility index (Phi) is 4.62. The molecule has 1 rings (SSSR count). The van der Waals surface area contributed by atoms with Crippen molar-refractivity contribution >= 4 is 5.91 Å². The van der Waals surface area contributed by atoms with Crippen LogP contribution in [0.15, 0.2) is 12.7 Å². The van der Waals surface area contributed by atoms with Gasteiger partial charge in [0.2, 0.25) is 5.91 Å². The standard InChI is InChI=1S/C10H19N3O/c1-2-3-4-6-13-7-5-12-8-9(13)10(11)14/h2,9,12H,1,3-8H2,(H2,11,14). The SMILES string of the molecule is C=CCCCN1CCNCC1C(N)=O. The Hall–Kier alpha value is -0.870. The van der Waals surface area contributed by atoms with E-state index in [0.29, 0.717) is 6.54 Å². The third-order valence-electron chi connectivity index (χ3n) is 2.54. The molecule has 1 amide bonds. The predicted molar refractivity (Wildman–Crippen MR) is 56.9 cm³/mol. The Balaban J connectivity index is 2.37. The topological polar surface area (TPSA) is 58.4 Å². The lowest BCUT2D eigenvalue weighted by molar-refractivity contribution is -0.123. The first-order valence-electron chi connectivity index (χ1n) is 5.10. The Labute approximate surface area is 85.1 Å². The molecule has 0 aromatic carbocycles. The number of nitrogens with zero attached hydrogens (tertiary/aromatic N) is 1. The molecule has 1 aliphatic rings. The number of nitrogens with two attached hydrogens (primary N) is 1. The largest absolute Gasteiger partial charge is 0.368 e. The van der Waals surface area contributed by atoms with E-state index >= 15 is 0 Å². The highest BCUT2D eigenvalue weighted by molar-refractivity contribution is 5.80. The highest BCUT2D eigenvalue weighted by Crippen LogP contribution is 2.05. The molecule has 0 spiro atoms. The maximum absolute atomic E-state index is 11.1. The van der Waals surface area contributed by atoms with Gasteiger partial charge in [-0.3, -0.25) is 9.69 Å². The van der Waals surface area contributed by atoms with Crippen LogP contribution < -0.4 is 11.1 Å². The molecule has 0 radical (unpaired) electrons. The fourth-order valence-corrected chi connectivity index (χ4v) is 1.73. The van der Waals surface area contributed by atoms with Crippen molar-refractivity contribution in [3.8, 4) is 0 Å². The van der Waals surface area contributed by atoms with Crippen LogP contribution in [-0.4, -0.2) is 43.0 Å². The number of carbonyl (C=O) groups excluding carboxylic acids is 1. The molecule has 80 valence electrons. The summed E-state index contributed by atoms with van der Waals surface area (Å²) >= 11 is 0. The number of hydrogen-bond acceptors (Lipinski definition) is 3. The summed E-state index contributed by atoms with van der Waals surface area (Å²) in [5.41, 5.74) is 5.32. The lowest BCUT2D eigenvalue weighted by Gasteiger charge is -2.33. The lowest BCUT2D eigenvalue weighted by Crippen LogP contribution is -2.56. The second-order valence-electron chi connectivity index (χ2n) is 3.59. The van der Waals surface area contributed by atoms with Crippen LogP contribution in [0.25, 0.3) is 0 Å². The van der Waals surface area contributed by atoms with Crippen LogP contribution in [0.3, 0.4) is 0 Å². The number of allylic oxidation sites excluding steroid dienone is 1. The molecular weight excluding hydrogens is 178 g/mol. The maximum atomic E-state index is 11.1. The van der Waals surface area contributed by atoms with Gasteiger partial charge in [-0.15, -0.1) is 6.58 Å². The highest BCUT2D eigenvalue weighted by Gasteiger charge is 2.25. The average Bonchev–Trinajstić information content (AvgIpc) is 2.19. The van der Waals surface area contributed by atoms with E-state index in [2.05, 4.69) is 16.8 Å². The first kappa shape index (κ1) is 11.2. The van der Waals surface area contributed by atoms with Crippen LogP contribution in [-0.2, 0) is 4.79 Å². The zero-order chi connectivity index (χ0) is 10.4. The number of carbonyl (C=O) groups is 1. The molecular formula is C10H19N3O. The van der Waals surface area contributed by atoms with Crippen LogP contribution in [0.2, 0.25) is 0 Å². The fraction of sp³-hybridized carbons (Fsp3) is 0.700. The summed E-state index contributed by atoms with van der Waals surface area (Å²) in [5.74, 6) is -0.226. The summed E-state index contributed by atoms with van der Waals surface area (Å²) in [4.78, 5) is 13.3. The predicted octanol–water partition coefficient (Wildman–Crippen LogP) is -0.288. The van der Waals surface area contributed by atoms with Crippen LogP contribution >= 0.6 is 0 Å². The molecule has 0 aromatic heterocycles. The molecule has 4 nitrogen and oxygen atoms in total. The molecule has 1 fully saturated rings. The normalized spacial score (nSPS) is 23.3. The summed E-state index contributed by atoms with van der Waals surface area (Å²) in [6.45, 7) is 7.14. The molecule has 0 bridgehead atoms. The molecule has 1 aliphatic heterocycles. The van der Waals surface area contributed by atoms with E-state index in [9.17, 15) is 4.79 Å². The van der Waals surface area contributed by atoms with Crippen LogP contribution in [0.5, 0.6) is 0 Å². The summed E-state index contributed by atoms with van der Waals surface area (Å²) < 4.78 is 0. The van der Waals surface area contributed by atoms with Crippen molar-refractivity contribution in [1.82, 2.24) is 10.2 Å². The summed E-state index contributed by atoms with van der Waals surface area (Å²) in [6, 6.07) is -0.131. The zero-order valence-corrected chi connectivity index (χ0v) is 8.54. The van der Waals surface area contributed by atoms with Gasteiger partial charge in [0.05, 0.1) is 0 Å². The van der Waals surface area contributed by atoms with Crippen molar-refractivity contribution in [2.24, 2.45) is 5.73 Å². The molecule has 1 atom stereocenters.